The predicted molar refractivity (Wildman–Crippen MR) is 216 cm³/mol. The molecule has 0 bridgehead atoms. The number of Topliss-reactive ketones (excluding diaryl/α,β-unsaturated/α-hetero) is 1. The number of aromatic nitrogens is 1. The van der Waals surface area contributed by atoms with E-state index in [0.717, 1.165) is 31.2 Å². The van der Waals surface area contributed by atoms with E-state index in [1.54, 1.807) is 16.9 Å². The second-order valence-corrected chi connectivity index (χ2v) is 20.7. The first-order chi connectivity index (χ1) is 27.1. The van der Waals surface area contributed by atoms with Gasteiger partial charge in [-0.2, -0.15) is 0 Å². The first kappa shape index (κ1) is 41.1. The van der Waals surface area contributed by atoms with E-state index in [1.165, 1.54) is 11.3 Å². The second kappa shape index (κ2) is 16.3. The Kier molecular flexibility index (Phi) is 11.7. The van der Waals surface area contributed by atoms with Gasteiger partial charge < -0.3 is 19.9 Å². The molecule has 15 heteroatoms. The van der Waals surface area contributed by atoms with Crippen molar-refractivity contribution >= 4 is 50.8 Å². The first-order valence-corrected chi connectivity index (χ1v) is 22.8. The number of ether oxygens (including phenoxy) is 1. The molecular weight excluding hydrogens is 767 g/mol. The highest BCUT2D eigenvalue weighted by molar-refractivity contribution is 7.91. The lowest BCUT2D eigenvalue weighted by Crippen LogP contribution is -2.58. The molecule has 13 nitrogen and oxygen atoms in total. The van der Waals surface area contributed by atoms with Crippen molar-refractivity contribution in [3.63, 3.8) is 0 Å². The molecule has 308 valence electrons. The number of hydrogen-bond donors (Lipinski definition) is 2. The van der Waals surface area contributed by atoms with Gasteiger partial charge >= 0.3 is 0 Å². The summed E-state index contributed by atoms with van der Waals surface area (Å²) in [6, 6.07) is 6.38. The summed E-state index contributed by atoms with van der Waals surface area (Å²) in [6.07, 6.45) is 9.91. The zero-order valence-electron chi connectivity index (χ0n) is 33.3. The molecule has 2 N–H and O–H groups in total. The summed E-state index contributed by atoms with van der Waals surface area (Å²) in [7, 11) is -2.30. The van der Waals surface area contributed by atoms with Gasteiger partial charge in [-0.05, 0) is 74.6 Å². The van der Waals surface area contributed by atoms with Crippen LogP contribution in [0.25, 0.3) is 11.3 Å². The number of carbonyl (C=O) groups is 5. The van der Waals surface area contributed by atoms with Crippen molar-refractivity contribution in [1.29, 1.82) is 0 Å². The van der Waals surface area contributed by atoms with Crippen molar-refractivity contribution < 1.29 is 37.1 Å². The van der Waals surface area contributed by atoms with Gasteiger partial charge in [0.2, 0.25) is 21.8 Å². The Morgan fingerprint density at radius 3 is 2.49 bits per heavy atom. The molecule has 7 rings (SSSR count). The van der Waals surface area contributed by atoms with Crippen LogP contribution in [0.3, 0.4) is 0 Å². The number of hydrogen-bond acceptors (Lipinski definition) is 10. The van der Waals surface area contributed by atoms with Gasteiger partial charge in [0, 0.05) is 67.1 Å². The van der Waals surface area contributed by atoms with Gasteiger partial charge in [-0.15, -0.1) is 11.3 Å². The van der Waals surface area contributed by atoms with Crippen LogP contribution in [0.5, 0.6) is 5.75 Å². The molecule has 2 saturated carbocycles. The Morgan fingerprint density at radius 1 is 1.04 bits per heavy atom. The number of amides is 4. The fraction of sp³-hybridized carbons (Fsp3) is 0.619. The molecule has 1 aromatic carbocycles. The zero-order chi connectivity index (χ0) is 40.7. The van der Waals surface area contributed by atoms with E-state index in [0.29, 0.717) is 55.1 Å². The Bertz CT molecular complexity index is 2020. The number of nitrogens with zero attached hydrogens (tertiary/aromatic N) is 3. The number of allylic oxidation sites excluding steroid dienone is 1. The van der Waals surface area contributed by atoms with Crippen molar-refractivity contribution in [1.82, 2.24) is 24.8 Å². The minimum atomic E-state index is -3.89. The van der Waals surface area contributed by atoms with E-state index in [1.807, 2.05) is 41.8 Å². The molecule has 0 radical (unpaired) electrons. The fourth-order valence-corrected chi connectivity index (χ4v) is 10.8. The number of carbonyl (C=O) groups excluding carboxylic acids is 5. The minimum Gasteiger partial charge on any atom is -0.497 e. The molecule has 2 aromatic rings. The number of rotatable bonds is 10. The number of fused-ring (bicyclic) bond motifs is 4. The molecule has 57 heavy (non-hydrogen) atoms. The molecule has 4 fully saturated rings. The van der Waals surface area contributed by atoms with Gasteiger partial charge in [0.15, 0.2) is 5.01 Å². The highest BCUT2D eigenvalue weighted by Gasteiger charge is 2.63. The van der Waals surface area contributed by atoms with Crippen molar-refractivity contribution in [3.8, 4) is 17.0 Å². The molecule has 6 atom stereocenters. The number of thiazole rings is 1. The fourth-order valence-electron chi connectivity index (χ4n) is 8.66. The maximum atomic E-state index is 14.7. The largest absolute Gasteiger partial charge is 0.497 e. The van der Waals surface area contributed by atoms with Gasteiger partial charge in [0.25, 0.3) is 11.8 Å². The maximum Gasteiger partial charge on any atom is 0.282 e. The summed E-state index contributed by atoms with van der Waals surface area (Å²) in [4.78, 5) is 78.5. The van der Waals surface area contributed by atoms with Gasteiger partial charge in [0.05, 0.1) is 18.1 Å². The lowest BCUT2D eigenvalue weighted by atomic mass is 9.86. The Labute approximate surface area is 339 Å². The summed E-state index contributed by atoms with van der Waals surface area (Å²) in [5, 5.41) is 4.49. The van der Waals surface area contributed by atoms with Crippen molar-refractivity contribution in [3.05, 3.63) is 46.8 Å². The number of sulfonamides is 1. The Balaban J connectivity index is 1.15. The van der Waals surface area contributed by atoms with Crippen molar-refractivity contribution in [2.75, 3.05) is 26.7 Å². The molecule has 2 aliphatic carbocycles. The molecule has 5 aliphatic rings. The van der Waals surface area contributed by atoms with Gasteiger partial charge in [0.1, 0.15) is 23.1 Å². The van der Waals surface area contributed by atoms with Crippen LogP contribution in [0.2, 0.25) is 0 Å². The highest BCUT2D eigenvalue weighted by atomic mass is 32.2. The summed E-state index contributed by atoms with van der Waals surface area (Å²) >= 11 is 1.24. The Hall–Kier alpha value is -4.11. The van der Waals surface area contributed by atoms with Crippen LogP contribution < -0.4 is 14.8 Å². The minimum absolute atomic E-state index is 0.0204. The van der Waals surface area contributed by atoms with Crippen LogP contribution in [0.1, 0.15) is 101 Å². The number of benzene rings is 1. The number of likely N-dealkylation sites (tertiary alicyclic amines) is 1. The van der Waals surface area contributed by atoms with E-state index in [9.17, 15) is 32.4 Å². The number of ketones is 1. The number of nitrogens with one attached hydrogen (secondary N) is 2. The van der Waals surface area contributed by atoms with Crippen LogP contribution in [0.4, 0.5) is 0 Å². The normalized spacial score (nSPS) is 28.6. The SMILES string of the molecule is COc1ccc(-c2csc(C(=O)N3C[C@H]4CN5C(=O)[C@@H](CC(=O)CCC(C)(C)C)CCCCC/C=C\[C@@H]6C[C@@]6(C(=O)NS(=O)(=O)C6CC6)NC(=O)[C@@H]5[C@H]4C3)n2)cc1. The van der Waals surface area contributed by atoms with Crippen LogP contribution in [-0.4, -0.2) is 96.2 Å². The molecule has 2 saturated heterocycles. The average molecular weight is 822 g/mol. The zero-order valence-corrected chi connectivity index (χ0v) is 35.0. The third-order valence-corrected chi connectivity index (χ3v) is 15.0. The van der Waals surface area contributed by atoms with E-state index < -0.39 is 56.4 Å². The van der Waals surface area contributed by atoms with Crippen LogP contribution in [0.15, 0.2) is 41.8 Å². The monoisotopic (exact) mass is 821 g/mol. The highest BCUT2D eigenvalue weighted by Crippen LogP contribution is 2.47. The average Bonchev–Trinajstić information content (AvgIpc) is 3.99. The van der Waals surface area contributed by atoms with Gasteiger partial charge in [-0.3, -0.25) is 28.7 Å². The Morgan fingerprint density at radius 2 is 1.79 bits per heavy atom. The maximum absolute atomic E-state index is 14.7. The third-order valence-electron chi connectivity index (χ3n) is 12.3. The molecule has 3 aliphatic heterocycles. The van der Waals surface area contributed by atoms with E-state index in [4.69, 9.17) is 4.74 Å². The van der Waals surface area contributed by atoms with Crippen molar-refractivity contribution in [2.45, 2.75) is 108 Å². The molecule has 0 unspecified atom stereocenters. The molecule has 1 aromatic heterocycles. The topological polar surface area (TPSA) is 172 Å². The van der Waals surface area contributed by atoms with Gasteiger partial charge in [-0.1, -0.05) is 45.8 Å². The van der Waals surface area contributed by atoms with Crippen LogP contribution in [-0.2, 0) is 29.2 Å². The van der Waals surface area contributed by atoms with E-state index in [-0.39, 0.29) is 54.9 Å². The standard InChI is InChI=1S/C42H55N5O8S2/c1-41(2,3)19-18-30(48)20-27-10-8-6-5-7-9-11-29-21-42(29,40(52)45-57(53,54)32-16-17-32)44-36(49)35-33-24-46(22-28(33)23-47(35)38(27)50)39(51)37-43-34(25-56-37)26-12-14-31(55-4)15-13-26/h9,11-15,25,27-29,32-33,35H,5-8,10,16-24H2,1-4H3,(H,44,49)(H,45,52)/b11-9-/t27-,28+,29-,33+,35+,42-/m1/s1. The van der Waals surface area contributed by atoms with E-state index in [2.05, 4.69) is 35.8 Å². The summed E-state index contributed by atoms with van der Waals surface area (Å²) in [5.41, 5.74) is -0.0255. The van der Waals surface area contributed by atoms with Crippen molar-refractivity contribution in [2.24, 2.45) is 29.1 Å². The summed E-state index contributed by atoms with van der Waals surface area (Å²) in [5.74, 6) is -2.82. The predicted octanol–water partition coefficient (Wildman–Crippen LogP) is 5.12. The summed E-state index contributed by atoms with van der Waals surface area (Å²) in [6.45, 7) is 6.95. The molecule has 4 heterocycles. The van der Waals surface area contributed by atoms with Crippen LogP contribution in [0, 0.1) is 29.1 Å². The molecule has 0 spiro atoms. The second-order valence-electron chi connectivity index (χ2n) is 17.8. The smallest absolute Gasteiger partial charge is 0.282 e. The first-order valence-electron chi connectivity index (χ1n) is 20.3. The quantitative estimate of drug-likeness (QED) is 0.309. The van der Waals surface area contributed by atoms with E-state index >= 15 is 0 Å². The molecular formula is C42H55N5O8S2. The molecule has 4 amide bonds. The third kappa shape index (κ3) is 9.14. The number of methoxy groups -OCH3 is 1. The van der Waals surface area contributed by atoms with Gasteiger partial charge in [-0.25, -0.2) is 13.4 Å². The lowest BCUT2D eigenvalue weighted by molar-refractivity contribution is -0.145. The summed E-state index contributed by atoms with van der Waals surface area (Å²) < 4.78 is 33.4. The van der Waals surface area contributed by atoms with Crippen LogP contribution >= 0.6 is 11.3 Å². The lowest BCUT2D eigenvalue weighted by Gasteiger charge is -2.32.